The van der Waals surface area contributed by atoms with Crippen LogP contribution in [0, 0.1) is 5.82 Å². The first-order valence-corrected chi connectivity index (χ1v) is 5.39. The summed E-state index contributed by atoms with van der Waals surface area (Å²) in [6, 6.07) is 2.50. The van der Waals surface area contributed by atoms with E-state index in [-0.39, 0.29) is 22.2 Å². The number of halogens is 2. The van der Waals surface area contributed by atoms with Crippen molar-refractivity contribution < 1.29 is 9.18 Å². The lowest BCUT2D eigenvalue weighted by molar-refractivity contribution is 0.102. The Labute approximate surface area is 102 Å². The number of hydrogen-bond acceptors (Lipinski definition) is 3. The van der Waals surface area contributed by atoms with Gasteiger partial charge in [0, 0.05) is 6.54 Å². The van der Waals surface area contributed by atoms with E-state index >= 15 is 0 Å². The fraction of sp³-hybridized carbons (Fsp3) is 0.182. The predicted octanol–water partition coefficient (Wildman–Crippen LogP) is 2.32. The number of ketones is 1. The number of aromatic nitrogens is 3. The van der Waals surface area contributed by atoms with Gasteiger partial charge < -0.3 is 0 Å². The Hall–Kier alpha value is -1.75. The molecule has 0 radical (unpaired) electrons. The number of aryl methyl sites for hydroxylation is 1. The molecule has 2 aromatic rings. The highest BCUT2D eigenvalue weighted by Gasteiger charge is 2.19. The Balaban J connectivity index is 2.43. The molecule has 0 aliphatic rings. The Kier molecular flexibility index (Phi) is 3.19. The summed E-state index contributed by atoms with van der Waals surface area (Å²) in [7, 11) is 0. The van der Waals surface area contributed by atoms with Crippen LogP contribution in [0.5, 0.6) is 0 Å². The lowest BCUT2D eigenvalue weighted by Gasteiger charge is -2.03. The van der Waals surface area contributed by atoms with Crippen LogP contribution in [0.4, 0.5) is 4.39 Å². The second-order valence-electron chi connectivity index (χ2n) is 3.35. The molecule has 2 rings (SSSR count). The molecule has 4 nitrogen and oxygen atoms in total. The predicted molar refractivity (Wildman–Crippen MR) is 60.5 cm³/mol. The van der Waals surface area contributed by atoms with Crippen molar-refractivity contribution in [1.82, 2.24) is 14.8 Å². The van der Waals surface area contributed by atoms with Gasteiger partial charge in [0.25, 0.3) is 0 Å². The molecule has 17 heavy (non-hydrogen) atoms. The summed E-state index contributed by atoms with van der Waals surface area (Å²) in [6.45, 7) is 2.37. The zero-order chi connectivity index (χ0) is 12.4. The van der Waals surface area contributed by atoms with Gasteiger partial charge in [0.15, 0.2) is 0 Å². The quantitative estimate of drug-likeness (QED) is 0.789. The maximum absolute atomic E-state index is 12.7. The van der Waals surface area contributed by atoms with Gasteiger partial charge in [-0.2, -0.15) is 5.10 Å². The van der Waals surface area contributed by atoms with Crippen molar-refractivity contribution in [1.29, 1.82) is 0 Å². The molecule has 0 unspecified atom stereocenters. The van der Waals surface area contributed by atoms with Crippen molar-refractivity contribution in [2.24, 2.45) is 0 Å². The van der Waals surface area contributed by atoms with E-state index in [0.717, 1.165) is 6.20 Å². The largest absolute Gasteiger partial charge is 0.285 e. The Morgan fingerprint density at radius 2 is 2.24 bits per heavy atom. The molecular weight excluding hydrogens is 245 g/mol. The van der Waals surface area contributed by atoms with Crippen LogP contribution in [0.2, 0.25) is 5.02 Å². The molecule has 2 heterocycles. The number of carbonyl (C=O) groups is 1. The van der Waals surface area contributed by atoms with Gasteiger partial charge in [-0.05, 0) is 19.1 Å². The fourth-order valence-corrected chi connectivity index (χ4v) is 1.69. The van der Waals surface area contributed by atoms with E-state index in [1.165, 1.54) is 23.0 Å². The molecule has 2 aromatic heterocycles. The van der Waals surface area contributed by atoms with Crippen molar-refractivity contribution in [3.05, 3.63) is 46.8 Å². The number of rotatable bonds is 3. The zero-order valence-electron chi connectivity index (χ0n) is 9.02. The van der Waals surface area contributed by atoms with Crippen LogP contribution < -0.4 is 0 Å². The molecule has 0 N–H and O–H groups in total. The minimum Gasteiger partial charge on any atom is -0.285 e. The molecule has 0 spiro atoms. The van der Waals surface area contributed by atoms with Gasteiger partial charge in [-0.1, -0.05) is 11.6 Å². The molecule has 0 saturated carbocycles. The average molecular weight is 254 g/mol. The molecule has 0 atom stereocenters. The van der Waals surface area contributed by atoms with E-state index < -0.39 is 5.82 Å². The zero-order valence-corrected chi connectivity index (χ0v) is 9.78. The topological polar surface area (TPSA) is 47.8 Å². The number of hydrogen-bond donors (Lipinski definition) is 0. The van der Waals surface area contributed by atoms with Gasteiger partial charge in [0.2, 0.25) is 5.78 Å². The summed E-state index contributed by atoms with van der Waals surface area (Å²) in [5.41, 5.74) is 0.414. The molecule has 88 valence electrons. The van der Waals surface area contributed by atoms with E-state index in [9.17, 15) is 9.18 Å². The number of nitrogens with zero attached hydrogens (tertiary/aromatic N) is 3. The van der Waals surface area contributed by atoms with Crippen molar-refractivity contribution in [2.75, 3.05) is 0 Å². The SMILES string of the molecule is CCn1ncc(Cl)c1C(=O)c1ccc(F)cn1. The summed E-state index contributed by atoms with van der Waals surface area (Å²) in [4.78, 5) is 15.8. The van der Waals surface area contributed by atoms with Gasteiger partial charge >= 0.3 is 0 Å². The molecule has 6 heteroatoms. The van der Waals surface area contributed by atoms with Crippen molar-refractivity contribution >= 4 is 17.4 Å². The second kappa shape index (κ2) is 4.63. The maximum atomic E-state index is 12.7. The van der Waals surface area contributed by atoms with Crippen LogP contribution >= 0.6 is 11.6 Å². The van der Waals surface area contributed by atoms with Crippen LogP contribution in [-0.2, 0) is 6.54 Å². The second-order valence-corrected chi connectivity index (χ2v) is 3.75. The highest BCUT2D eigenvalue weighted by molar-refractivity contribution is 6.34. The molecule has 0 aromatic carbocycles. The smallest absolute Gasteiger partial charge is 0.230 e. The Morgan fingerprint density at radius 3 is 2.82 bits per heavy atom. The first-order valence-electron chi connectivity index (χ1n) is 5.01. The minimum atomic E-state index is -0.489. The number of pyridine rings is 1. The van der Waals surface area contributed by atoms with E-state index in [2.05, 4.69) is 10.1 Å². The van der Waals surface area contributed by atoms with Crippen molar-refractivity contribution in [3.63, 3.8) is 0 Å². The number of carbonyl (C=O) groups excluding carboxylic acids is 1. The third kappa shape index (κ3) is 2.19. The normalized spacial score (nSPS) is 10.5. The molecule has 0 fully saturated rings. The van der Waals surface area contributed by atoms with E-state index in [1.54, 1.807) is 0 Å². The van der Waals surface area contributed by atoms with Crippen LogP contribution in [0.15, 0.2) is 24.5 Å². The van der Waals surface area contributed by atoms with Crippen molar-refractivity contribution in [3.8, 4) is 0 Å². The van der Waals surface area contributed by atoms with E-state index in [4.69, 9.17) is 11.6 Å². The van der Waals surface area contributed by atoms with Crippen LogP contribution in [0.25, 0.3) is 0 Å². The molecule has 0 bridgehead atoms. The monoisotopic (exact) mass is 253 g/mol. The summed E-state index contributed by atoms with van der Waals surface area (Å²) >= 11 is 5.89. The molecule has 0 aliphatic carbocycles. The summed E-state index contributed by atoms with van der Waals surface area (Å²) in [5.74, 6) is -0.856. The third-order valence-electron chi connectivity index (χ3n) is 2.27. The maximum Gasteiger partial charge on any atom is 0.230 e. The van der Waals surface area contributed by atoms with Gasteiger partial charge in [0.1, 0.15) is 17.2 Å². The molecular formula is C11H9ClFN3O. The summed E-state index contributed by atoms with van der Waals surface area (Å²) < 4.78 is 14.2. The highest BCUT2D eigenvalue weighted by atomic mass is 35.5. The molecule has 0 amide bonds. The lowest BCUT2D eigenvalue weighted by Crippen LogP contribution is -2.12. The van der Waals surface area contributed by atoms with Gasteiger partial charge in [0.05, 0.1) is 17.4 Å². The van der Waals surface area contributed by atoms with Gasteiger partial charge in [-0.25, -0.2) is 9.37 Å². The van der Waals surface area contributed by atoms with Crippen LogP contribution in [-0.4, -0.2) is 20.5 Å². The van der Waals surface area contributed by atoms with Gasteiger partial charge in [-0.3, -0.25) is 9.48 Å². The van der Waals surface area contributed by atoms with Gasteiger partial charge in [-0.15, -0.1) is 0 Å². The molecule has 0 aliphatic heterocycles. The Morgan fingerprint density at radius 1 is 1.47 bits per heavy atom. The van der Waals surface area contributed by atoms with Crippen molar-refractivity contribution in [2.45, 2.75) is 13.5 Å². The average Bonchev–Trinajstić information content (AvgIpc) is 2.70. The standard InChI is InChI=1S/C11H9ClFN3O/c1-2-16-10(8(12)6-15-16)11(17)9-4-3-7(13)5-14-9/h3-6H,2H2,1H3. The Bertz CT molecular complexity index is 550. The first kappa shape index (κ1) is 11.7. The minimum absolute atomic E-state index is 0.142. The summed E-state index contributed by atoms with van der Waals surface area (Å²) in [5, 5.41) is 4.23. The molecule has 0 saturated heterocycles. The van der Waals surface area contributed by atoms with Crippen LogP contribution in [0.1, 0.15) is 23.1 Å². The van der Waals surface area contributed by atoms with Crippen LogP contribution in [0.3, 0.4) is 0 Å². The van der Waals surface area contributed by atoms with E-state index in [0.29, 0.717) is 6.54 Å². The van der Waals surface area contributed by atoms with E-state index in [1.807, 2.05) is 6.92 Å². The third-order valence-corrected chi connectivity index (χ3v) is 2.55. The summed E-state index contributed by atoms with van der Waals surface area (Å²) in [6.07, 6.45) is 2.40. The first-order chi connectivity index (χ1) is 8.13. The fourth-order valence-electron chi connectivity index (χ4n) is 1.46. The highest BCUT2D eigenvalue weighted by Crippen LogP contribution is 2.18. The lowest BCUT2D eigenvalue weighted by atomic mass is 10.2.